The second kappa shape index (κ2) is 7.93. The van der Waals surface area contributed by atoms with E-state index in [2.05, 4.69) is 12.2 Å². The van der Waals surface area contributed by atoms with E-state index in [1.165, 1.54) is 5.56 Å². The highest BCUT2D eigenvalue weighted by Gasteiger charge is 2.19. The van der Waals surface area contributed by atoms with Gasteiger partial charge in [-0.25, -0.2) is 0 Å². The Kier molecular flexibility index (Phi) is 6.56. The minimum atomic E-state index is -0.651. The average Bonchev–Trinajstić information content (AvgIpc) is 2.45. The van der Waals surface area contributed by atoms with Crippen LogP contribution in [0.1, 0.15) is 56.0 Å². The van der Waals surface area contributed by atoms with Gasteiger partial charge in [0.1, 0.15) is 0 Å². The van der Waals surface area contributed by atoms with Gasteiger partial charge >= 0.3 is 0 Å². The highest BCUT2D eigenvalue weighted by molar-refractivity contribution is 5.98. The lowest BCUT2D eigenvalue weighted by atomic mass is 10.0. The molecule has 1 rings (SSSR count). The van der Waals surface area contributed by atoms with Crippen molar-refractivity contribution in [3.05, 3.63) is 35.4 Å². The van der Waals surface area contributed by atoms with Gasteiger partial charge in [-0.05, 0) is 25.8 Å². The first kappa shape index (κ1) is 17.4. The van der Waals surface area contributed by atoms with Crippen molar-refractivity contribution in [1.29, 1.82) is 0 Å². The Morgan fingerprint density at radius 3 is 2.29 bits per heavy atom. The molecule has 0 fully saturated rings. The lowest BCUT2D eigenvalue weighted by Gasteiger charge is -2.23. The first-order valence-corrected chi connectivity index (χ1v) is 7.42. The fraction of sp³-hybridized carbons (Fsp3) is 0.529. The number of carbonyl (C=O) groups excluding carboxylic acids is 2. The van der Waals surface area contributed by atoms with Crippen molar-refractivity contribution in [3.8, 4) is 0 Å². The van der Waals surface area contributed by atoms with E-state index in [-0.39, 0.29) is 31.1 Å². The molecule has 0 saturated carbocycles. The first-order chi connectivity index (χ1) is 9.88. The molecule has 1 aromatic carbocycles. The number of Topliss-reactive ketones (excluding diaryl/α,β-unsaturated/α-hetero) is 1. The van der Waals surface area contributed by atoms with E-state index in [9.17, 15) is 9.59 Å². The summed E-state index contributed by atoms with van der Waals surface area (Å²) < 4.78 is 0. The molecule has 0 radical (unpaired) electrons. The van der Waals surface area contributed by atoms with Crippen molar-refractivity contribution in [3.63, 3.8) is 0 Å². The molecular weight excluding hydrogens is 266 g/mol. The zero-order valence-corrected chi connectivity index (χ0v) is 13.1. The van der Waals surface area contributed by atoms with Crippen molar-refractivity contribution in [2.24, 2.45) is 0 Å². The molecule has 4 heteroatoms. The number of hydrogen-bond donors (Lipinski definition) is 2. The van der Waals surface area contributed by atoms with E-state index in [0.717, 1.165) is 12.8 Å². The molecule has 0 atom stereocenters. The summed E-state index contributed by atoms with van der Waals surface area (Å²) in [6.45, 7) is 5.45. The monoisotopic (exact) mass is 291 g/mol. The fourth-order valence-electron chi connectivity index (χ4n) is 2.00. The summed E-state index contributed by atoms with van der Waals surface area (Å²) in [5.74, 6) is -0.250. The Bertz CT molecular complexity index is 477. The largest absolute Gasteiger partial charge is 0.394 e. The third kappa shape index (κ3) is 6.08. The van der Waals surface area contributed by atoms with Crippen molar-refractivity contribution < 1.29 is 14.7 Å². The van der Waals surface area contributed by atoms with E-state index in [0.29, 0.717) is 5.56 Å². The average molecular weight is 291 g/mol. The Hall–Kier alpha value is -1.68. The van der Waals surface area contributed by atoms with Crippen molar-refractivity contribution in [2.45, 2.75) is 52.0 Å². The molecule has 21 heavy (non-hydrogen) atoms. The Labute approximate surface area is 126 Å². The number of aliphatic hydroxyl groups is 1. The molecule has 0 unspecified atom stereocenters. The predicted molar refractivity (Wildman–Crippen MR) is 83.3 cm³/mol. The maximum atomic E-state index is 12.0. The SMILES string of the molecule is CCCc1ccc(C(=O)CCC(=O)NC(C)(C)CO)cc1. The van der Waals surface area contributed by atoms with Gasteiger partial charge in [-0.15, -0.1) is 0 Å². The van der Waals surface area contributed by atoms with E-state index in [4.69, 9.17) is 5.11 Å². The van der Waals surface area contributed by atoms with Crippen molar-refractivity contribution >= 4 is 11.7 Å². The Balaban J connectivity index is 2.48. The number of aryl methyl sites for hydroxylation is 1. The van der Waals surface area contributed by atoms with Gasteiger partial charge in [-0.2, -0.15) is 0 Å². The summed E-state index contributed by atoms with van der Waals surface area (Å²) in [6, 6.07) is 7.57. The number of benzene rings is 1. The van der Waals surface area contributed by atoms with Crippen molar-refractivity contribution in [1.82, 2.24) is 5.32 Å². The maximum Gasteiger partial charge on any atom is 0.220 e. The zero-order chi connectivity index (χ0) is 15.9. The lowest BCUT2D eigenvalue weighted by molar-refractivity contribution is -0.123. The summed E-state index contributed by atoms with van der Waals surface area (Å²) in [4.78, 5) is 23.7. The van der Waals surface area contributed by atoms with Gasteiger partial charge in [0.05, 0.1) is 12.1 Å². The van der Waals surface area contributed by atoms with Crippen LogP contribution in [0.4, 0.5) is 0 Å². The van der Waals surface area contributed by atoms with Crippen LogP contribution in [0.3, 0.4) is 0 Å². The second-order valence-corrected chi connectivity index (χ2v) is 5.96. The van der Waals surface area contributed by atoms with Gasteiger partial charge < -0.3 is 10.4 Å². The minimum absolute atomic E-state index is 0.0324. The van der Waals surface area contributed by atoms with Crippen LogP contribution < -0.4 is 5.32 Å². The van der Waals surface area contributed by atoms with Crippen LogP contribution in [0.5, 0.6) is 0 Å². The van der Waals surface area contributed by atoms with Crippen LogP contribution in [-0.4, -0.2) is 28.9 Å². The number of hydrogen-bond acceptors (Lipinski definition) is 3. The molecule has 0 bridgehead atoms. The van der Waals surface area contributed by atoms with Gasteiger partial charge in [0.15, 0.2) is 5.78 Å². The maximum absolute atomic E-state index is 12.0. The van der Waals surface area contributed by atoms with Gasteiger partial charge in [0.25, 0.3) is 0 Å². The van der Waals surface area contributed by atoms with E-state index < -0.39 is 5.54 Å². The number of rotatable bonds is 8. The lowest BCUT2D eigenvalue weighted by Crippen LogP contribution is -2.46. The molecular formula is C17H25NO3. The van der Waals surface area contributed by atoms with E-state index >= 15 is 0 Å². The number of ketones is 1. The molecule has 116 valence electrons. The van der Waals surface area contributed by atoms with Crippen LogP contribution in [0.15, 0.2) is 24.3 Å². The van der Waals surface area contributed by atoms with Gasteiger partial charge in [-0.3, -0.25) is 9.59 Å². The summed E-state index contributed by atoms with van der Waals surface area (Å²) >= 11 is 0. The number of amides is 1. The molecule has 0 aliphatic rings. The molecule has 0 heterocycles. The van der Waals surface area contributed by atoms with E-state index in [1.807, 2.05) is 24.3 Å². The predicted octanol–water partition coefficient (Wildman–Crippen LogP) is 2.49. The molecule has 1 aromatic rings. The summed E-state index contributed by atoms with van der Waals surface area (Å²) in [5.41, 5.74) is 1.21. The standard InChI is InChI=1S/C17H25NO3/c1-4-5-13-6-8-14(9-7-13)15(20)10-11-16(21)18-17(2,3)12-19/h6-9,19H,4-5,10-12H2,1-3H3,(H,18,21). The smallest absolute Gasteiger partial charge is 0.220 e. The van der Waals surface area contributed by atoms with E-state index in [1.54, 1.807) is 13.8 Å². The van der Waals surface area contributed by atoms with Crippen LogP contribution in [-0.2, 0) is 11.2 Å². The third-order valence-electron chi connectivity index (χ3n) is 3.27. The van der Waals surface area contributed by atoms with Gasteiger partial charge in [0.2, 0.25) is 5.91 Å². The Morgan fingerprint density at radius 2 is 1.76 bits per heavy atom. The number of aliphatic hydroxyl groups excluding tert-OH is 1. The van der Waals surface area contributed by atoms with Crippen LogP contribution in [0.2, 0.25) is 0 Å². The molecule has 0 aliphatic carbocycles. The molecule has 2 N–H and O–H groups in total. The summed E-state index contributed by atoms with van der Waals surface area (Å²) in [7, 11) is 0. The molecule has 1 amide bonds. The first-order valence-electron chi connectivity index (χ1n) is 7.42. The Morgan fingerprint density at radius 1 is 1.14 bits per heavy atom. The topological polar surface area (TPSA) is 66.4 Å². The quantitative estimate of drug-likeness (QED) is 0.723. The number of carbonyl (C=O) groups is 2. The number of nitrogens with one attached hydrogen (secondary N) is 1. The van der Waals surface area contributed by atoms with Crippen molar-refractivity contribution in [2.75, 3.05) is 6.61 Å². The second-order valence-electron chi connectivity index (χ2n) is 5.96. The van der Waals surface area contributed by atoms with Gasteiger partial charge in [-0.1, -0.05) is 37.6 Å². The third-order valence-corrected chi connectivity index (χ3v) is 3.27. The van der Waals surface area contributed by atoms with Crippen LogP contribution >= 0.6 is 0 Å². The molecule has 4 nitrogen and oxygen atoms in total. The molecule has 0 spiro atoms. The zero-order valence-electron chi connectivity index (χ0n) is 13.1. The van der Waals surface area contributed by atoms with Crippen LogP contribution in [0, 0.1) is 0 Å². The normalized spacial score (nSPS) is 11.2. The summed E-state index contributed by atoms with van der Waals surface area (Å²) in [5, 5.41) is 11.8. The van der Waals surface area contributed by atoms with Gasteiger partial charge in [0, 0.05) is 18.4 Å². The minimum Gasteiger partial charge on any atom is -0.394 e. The molecule has 0 saturated heterocycles. The fourth-order valence-corrected chi connectivity index (χ4v) is 2.00. The summed E-state index contributed by atoms with van der Waals surface area (Å²) in [6.07, 6.45) is 2.40. The molecule has 0 aromatic heterocycles. The van der Waals surface area contributed by atoms with Crippen LogP contribution in [0.25, 0.3) is 0 Å². The highest BCUT2D eigenvalue weighted by atomic mass is 16.3. The molecule has 0 aliphatic heterocycles. The highest BCUT2D eigenvalue weighted by Crippen LogP contribution is 2.10.